The number of guanidine groups is 1. The Morgan fingerprint density at radius 3 is 1.64 bits per heavy atom. The first-order valence-corrected chi connectivity index (χ1v) is 28.9. The number of phenolic OH excluding ortho intramolecular Hbond substituents is 1. The van der Waals surface area contributed by atoms with E-state index in [0.29, 0.717) is 11.1 Å². The van der Waals surface area contributed by atoms with Crippen LogP contribution in [-0.2, 0) is 90.6 Å². The molecule has 11 amide bonds. The second kappa shape index (κ2) is 34.7. The number of benzene rings is 2. The Morgan fingerprint density at radius 1 is 0.621 bits per heavy atom. The van der Waals surface area contributed by atoms with Crippen LogP contribution in [0.2, 0.25) is 0 Å². The van der Waals surface area contributed by atoms with Crippen LogP contribution in [0.1, 0.15) is 62.5 Å². The maximum absolute atomic E-state index is 14.3. The minimum Gasteiger partial charge on any atom is -0.508 e. The molecule has 2 aromatic carbocycles. The average Bonchev–Trinajstić information content (AvgIpc) is 2.62. The predicted octanol–water partition coefficient (Wildman–Crippen LogP) is -6.33. The van der Waals surface area contributed by atoms with E-state index in [9.17, 15) is 97.0 Å². The molecule has 7 atom stereocenters. The van der Waals surface area contributed by atoms with Crippen LogP contribution in [0.4, 0.5) is 13.2 Å². The van der Waals surface area contributed by atoms with Gasteiger partial charge in [0.15, 0.2) is 5.96 Å². The number of hydrogen-bond donors (Lipinski definition) is 16. The van der Waals surface area contributed by atoms with Crippen molar-refractivity contribution in [1.82, 2.24) is 42.1 Å². The Kier molecular flexibility index (Phi) is 29.4. The summed E-state index contributed by atoms with van der Waals surface area (Å²) in [6.07, 6.45) is -8.70. The number of rotatable bonds is 33. The molecule has 2 aromatic rings. The van der Waals surface area contributed by atoms with Crippen molar-refractivity contribution in [1.29, 1.82) is 0 Å². The highest BCUT2D eigenvalue weighted by Crippen LogP contribution is 2.21. The van der Waals surface area contributed by atoms with Crippen LogP contribution < -0.4 is 65.9 Å². The summed E-state index contributed by atoms with van der Waals surface area (Å²) < 4.78 is 98.2. The highest BCUT2D eigenvalue weighted by Gasteiger charge is 2.42. The summed E-state index contributed by atoms with van der Waals surface area (Å²) in [4.78, 5) is 160. The molecule has 0 radical (unpaired) electrons. The van der Waals surface area contributed by atoms with E-state index in [-0.39, 0.29) is 63.3 Å². The molecule has 0 unspecified atom stereocenters. The SMILES string of the molecule is NC(=O)CC[C@H](NC(=O)[C@H](Cc1ccccc1)NC(=O)[C@H](Cc1ccc(O)cc1)NC(=O)CCS(=O)(=O)O)C(=O)N[C@@H](CC(N)=O)C(=O)N[C@@H](CS(=O)(=O)O)C(=O)N1CCC[C@H]1C(=O)N[C@H](CCCN=C(N)N)C(=O)NCC(N)=O.O=C(O)C(F)(F)F. The van der Waals surface area contributed by atoms with Crippen LogP contribution >= 0.6 is 0 Å². The summed E-state index contributed by atoms with van der Waals surface area (Å²) in [5.74, 6) is -17.9. The van der Waals surface area contributed by atoms with Crippen LogP contribution in [0, 0.1) is 0 Å². The van der Waals surface area contributed by atoms with Crippen molar-refractivity contribution in [2.45, 2.75) is 113 Å². The summed E-state index contributed by atoms with van der Waals surface area (Å²) in [7, 11) is -9.80. The van der Waals surface area contributed by atoms with Crippen molar-refractivity contribution in [3.8, 4) is 5.75 Å². The number of nitrogens with one attached hydrogen (secondary N) is 7. The number of carboxylic acid groups (broad SMARTS) is 1. The Bertz CT molecular complexity index is 3070. The third-order valence-corrected chi connectivity index (χ3v) is 13.4. The molecule has 34 nitrogen and oxygen atoms in total. The van der Waals surface area contributed by atoms with E-state index >= 15 is 0 Å². The number of likely N-dealkylation sites (tertiary alicyclic amines) is 1. The Hall–Kier alpha value is -9.24. The second-order valence-electron chi connectivity index (χ2n) is 19.1. The predicted molar refractivity (Wildman–Crippen MR) is 294 cm³/mol. The van der Waals surface area contributed by atoms with E-state index in [2.05, 4.69) is 36.9 Å². The number of halogens is 3. The highest BCUT2D eigenvalue weighted by molar-refractivity contribution is 7.86. The van der Waals surface area contributed by atoms with Gasteiger partial charge in [0.05, 0.1) is 18.7 Å². The molecular weight excluding hydrogens is 1210 g/mol. The lowest BCUT2D eigenvalue weighted by molar-refractivity contribution is -0.192. The van der Waals surface area contributed by atoms with Gasteiger partial charge in [0.25, 0.3) is 20.2 Å². The molecule has 0 aliphatic carbocycles. The monoisotopic (exact) mass is 1280 g/mol. The molecule has 482 valence electrons. The number of aliphatic imine (C=N–C) groups is 1. The number of hydrogen-bond acceptors (Lipinski definition) is 18. The van der Waals surface area contributed by atoms with Gasteiger partial charge in [0, 0.05) is 38.8 Å². The first-order valence-electron chi connectivity index (χ1n) is 25.7. The van der Waals surface area contributed by atoms with Gasteiger partial charge in [-0.3, -0.25) is 66.8 Å². The van der Waals surface area contributed by atoms with Crippen LogP contribution in [0.5, 0.6) is 5.75 Å². The normalized spacial score (nSPS) is 15.1. The molecule has 0 bridgehead atoms. The van der Waals surface area contributed by atoms with E-state index in [1.54, 1.807) is 30.3 Å². The molecule has 39 heteroatoms. The number of nitrogens with two attached hydrogens (primary N) is 5. The molecule has 3 rings (SSSR count). The van der Waals surface area contributed by atoms with Crippen LogP contribution in [0.15, 0.2) is 59.6 Å². The topological polar surface area (TPSA) is 584 Å². The number of primary amides is 3. The van der Waals surface area contributed by atoms with Crippen molar-refractivity contribution < 1.29 is 107 Å². The van der Waals surface area contributed by atoms with Gasteiger partial charge in [0.2, 0.25) is 65.0 Å². The molecule has 0 spiro atoms. The van der Waals surface area contributed by atoms with Crippen molar-refractivity contribution in [2.24, 2.45) is 33.7 Å². The number of aromatic hydroxyl groups is 1. The number of amides is 11. The van der Waals surface area contributed by atoms with Crippen LogP contribution in [0.25, 0.3) is 0 Å². The summed E-state index contributed by atoms with van der Waals surface area (Å²) in [6.45, 7) is -0.834. The Morgan fingerprint density at radius 2 is 1.13 bits per heavy atom. The number of alkyl halides is 3. The summed E-state index contributed by atoms with van der Waals surface area (Å²) >= 11 is 0. The fraction of sp³-hybridized carbons (Fsp3) is 0.479. The molecule has 0 aromatic heterocycles. The summed E-state index contributed by atoms with van der Waals surface area (Å²) in [6, 6.07) is 1.12. The number of aliphatic carboxylic acids is 1. The molecule has 21 N–H and O–H groups in total. The van der Waals surface area contributed by atoms with Crippen LogP contribution in [-0.4, -0.2) is 198 Å². The summed E-state index contributed by atoms with van der Waals surface area (Å²) in [5.41, 5.74) is 27.4. The van der Waals surface area contributed by atoms with Gasteiger partial charge in [-0.1, -0.05) is 42.5 Å². The van der Waals surface area contributed by atoms with Crippen molar-refractivity contribution in [3.05, 3.63) is 65.7 Å². The second-order valence-corrected chi connectivity index (χ2v) is 22.1. The molecular formula is C48H67F3N14O20S2. The third kappa shape index (κ3) is 29.4. The van der Waals surface area contributed by atoms with Crippen molar-refractivity contribution in [2.75, 3.05) is 31.1 Å². The molecule has 1 fully saturated rings. The van der Waals surface area contributed by atoms with Gasteiger partial charge in [-0.15, -0.1) is 0 Å². The standard InChI is InChI=1S/C46H66N14O18S2.C2HF3O2/c47-35(62)15-14-29(55-42(69)31(20-25-6-2-1-3-7-25)57-41(68)30(21-26-10-12-27(61)13-11-26)54-38(65)16-19-79(73,74)75)40(67)58-32(22-36(48)63)43(70)59-33(24-80(76,77)78)45(72)60-18-5-9-34(60)44(71)56-28(8-4-17-52-46(50)51)39(66)53-23-37(49)64;3-2(4,5)1(6)7/h1-3,6-7,10-13,28-34,61H,4-5,8-9,14-24H2,(H2,47,62)(H2,48,63)(H2,49,64)(H,53,66)(H,54,65)(H,55,69)(H,56,71)(H,57,68)(H,58,67)(H,59,70)(H4,50,51,52)(H,73,74,75)(H,76,77,78);(H,6,7)/t28-,29+,30+,31+,32+,33+,34+;/m1./s1. The zero-order chi connectivity index (χ0) is 66.0. The van der Waals surface area contributed by atoms with Crippen molar-refractivity contribution >= 4 is 97.1 Å². The molecule has 87 heavy (non-hydrogen) atoms. The molecule has 1 aliphatic rings. The van der Waals surface area contributed by atoms with Crippen molar-refractivity contribution in [3.63, 3.8) is 0 Å². The maximum atomic E-state index is 14.3. The van der Waals surface area contributed by atoms with Gasteiger partial charge >= 0.3 is 12.1 Å². The largest absolute Gasteiger partial charge is 0.508 e. The fourth-order valence-corrected chi connectivity index (χ4v) is 9.00. The maximum Gasteiger partial charge on any atom is 0.490 e. The Labute approximate surface area is 493 Å². The summed E-state index contributed by atoms with van der Waals surface area (Å²) in [5, 5.41) is 33.0. The number of carboxylic acids is 1. The zero-order valence-corrected chi connectivity index (χ0v) is 47.5. The average molecular weight is 1280 g/mol. The number of nitrogens with zero attached hydrogens (tertiary/aromatic N) is 2. The minimum atomic E-state index is -5.18. The molecule has 1 heterocycles. The van der Waals surface area contributed by atoms with Crippen LogP contribution in [0.3, 0.4) is 0 Å². The first-order chi connectivity index (χ1) is 40.3. The quantitative estimate of drug-likeness (QED) is 0.0137. The van der Waals surface area contributed by atoms with E-state index in [0.717, 1.165) is 4.90 Å². The van der Waals surface area contributed by atoms with Gasteiger partial charge < -0.3 is 81.0 Å². The lowest BCUT2D eigenvalue weighted by atomic mass is 10.0. The first kappa shape index (κ1) is 73.9. The van der Waals surface area contributed by atoms with E-state index in [4.69, 9.17) is 38.6 Å². The molecule has 0 saturated carbocycles. The lowest BCUT2D eigenvalue weighted by Crippen LogP contribution is -2.61. The smallest absolute Gasteiger partial charge is 0.490 e. The molecule has 1 aliphatic heterocycles. The number of carbonyl (C=O) groups is 12. The van der Waals surface area contributed by atoms with Gasteiger partial charge in [-0.05, 0) is 55.4 Å². The van der Waals surface area contributed by atoms with E-state index in [1.807, 2.05) is 5.32 Å². The molecule has 1 saturated heterocycles. The lowest BCUT2D eigenvalue weighted by Gasteiger charge is -2.30. The van der Waals surface area contributed by atoms with E-state index < -0.39 is 183 Å². The number of carbonyl (C=O) groups excluding carboxylic acids is 11. The fourth-order valence-electron chi connectivity index (χ4n) is 7.91. The third-order valence-electron chi connectivity index (χ3n) is 12.0. The zero-order valence-electron chi connectivity index (χ0n) is 45.9. The van der Waals surface area contributed by atoms with Gasteiger partial charge in [-0.25, -0.2) is 4.79 Å². The number of phenols is 1. The Balaban J connectivity index is 0.00000346. The van der Waals surface area contributed by atoms with Gasteiger partial charge in [0.1, 0.15) is 53.8 Å². The highest BCUT2D eigenvalue weighted by atomic mass is 32.2. The van der Waals surface area contributed by atoms with E-state index in [1.165, 1.54) is 24.3 Å². The minimum absolute atomic E-state index is 0.0142. The van der Waals surface area contributed by atoms with Gasteiger partial charge in [-0.2, -0.15) is 30.0 Å².